The molecule has 2 rings (SSSR count). The van der Waals surface area contributed by atoms with E-state index >= 15 is 0 Å². The van der Waals surface area contributed by atoms with Crippen molar-refractivity contribution in [2.75, 3.05) is 6.54 Å². The highest BCUT2D eigenvalue weighted by Gasteiger charge is 2.39. The van der Waals surface area contributed by atoms with Crippen molar-refractivity contribution in [2.45, 2.75) is 45.2 Å². The molecule has 2 unspecified atom stereocenters. The van der Waals surface area contributed by atoms with Gasteiger partial charge < -0.3 is 10.6 Å². The summed E-state index contributed by atoms with van der Waals surface area (Å²) in [7, 11) is 1.91. The van der Waals surface area contributed by atoms with Crippen LogP contribution < -0.4 is 5.73 Å². The number of carbonyl (C=O) groups excluding carboxylic acids is 1. The standard InChI is InChI=1S/C13H22N4O/c1-4-6-17-12(18)7-10(14)13(17)9-8-16(3)15-11(9)5-2/h8,10,13H,4-7,14H2,1-3H3. The van der Waals surface area contributed by atoms with Gasteiger partial charge in [-0.1, -0.05) is 13.8 Å². The summed E-state index contributed by atoms with van der Waals surface area (Å²) in [5, 5.41) is 4.45. The summed E-state index contributed by atoms with van der Waals surface area (Å²) in [5.41, 5.74) is 8.32. The van der Waals surface area contributed by atoms with Crippen LogP contribution in [0.5, 0.6) is 0 Å². The van der Waals surface area contributed by atoms with Crippen LogP contribution in [0.3, 0.4) is 0 Å². The molecule has 1 aromatic heterocycles. The van der Waals surface area contributed by atoms with Gasteiger partial charge in [-0.05, 0) is 12.8 Å². The zero-order valence-corrected chi connectivity index (χ0v) is 11.4. The van der Waals surface area contributed by atoms with E-state index in [-0.39, 0.29) is 18.0 Å². The van der Waals surface area contributed by atoms with E-state index in [9.17, 15) is 4.79 Å². The molecule has 1 saturated heterocycles. The molecular formula is C13H22N4O. The van der Waals surface area contributed by atoms with Gasteiger partial charge in [-0.15, -0.1) is 0 Å². The van der Waals surface area contributed by atoms with Crippen molar-refractivity contribution in [3.05, 3.63) is 17.5 Å². The van der Waals surface area contributed by atoms with E-state index in [4.69, 9.17) is 5.73 Å². The molecule has 1 amide bonds. The summed E-state index contributed by atoms with van der Waals surface area (Å²) < 4.78 is 1.81. The zero-order valence-electron chi connectivity index (χ0n) is 11.4. The first-order chi connectivity index (χ1) is 8.58. The van der Waals surface area contributed by atoms with Crippen LogP contribution in [0.25, 0.3) is 0 Å². The first-order valence-electron chi connectivity index (χ1n) is 6.65. The topological polar surface area (TPSA) is 64.2 Å². The Kier molecular flexibility index (Phi) is 3.71. The monoisotopic (exact) mass is 250 g/mol. The molecule has 18 heavy (non-hydrogen) atoms. The van der Waals surface area contributed by atoms with E-state index in [1.165, 1.54) is 0 Å². The highest BCUT2D eigenvalue weighted by molar-refractivity contribution is 5.80. The number of likely N-dealkylation sites (tertiary alicyclic amines) is 1. The van der Waals surface area contributed by atoms with Crippen LogP contribution in [-0.4, -0.2) is 33.2 Å². The number of hydrogen-bond acceptors (Lipinski definition) is 3. The molecule has 2 N–H and O–H groups in total. The molecule has 0 radical (unpaired) electrons. The van der Waals surface area contributed by atoms with Gasteiger partial charge in [0.25, 0.3) is 0 Å². The summed E-state index contributed by atoms with van der Waals surface area (Å²) in [6, 6.07) is -0.111. The summed E-state index contributed by atoms with van der Waals surface area (Å²) in [5.74, 6) is 0.167. The van der Waals surface area contributed by atoms with Gasteiger partial charge in [0.05, 0.1) is 11.7 Å². The number of carbonyl (C=O) groups is 1. The van der Waals surface area contributed by atoms with Gasteiger partial charge in [-0.25, -0.2) is 0 Å². The molecule has 1 aliphatic rings. The number of hydrogen-bond donors (Lipinski definition) is 1. The minimum atomic E-state index is -0.112. The minimum Gasteiger partial charge on any atom is -0.334 e. The first-order valence-corrected chi connectivity index (χ1v) is 6.65. The predicted molar refractivity (Wildman–Crippen MR) is 69.9 cm³/mol. The third-order valence-electron chi connectivity index (χ3n) is 3.53. The van der Waals surface area contributed by atoms with E-state index in [1.807, 2.05) is 22.8 Å². The van der Waals surface area contributed by atoms with Crippen LogP contribution in [0.4, 0.5) is 0 Å². The number of rotatable bonds is 4. The van der Waals surface area contributed by atoms with Gasteiger partial charge >= 0.3 is 0 Å². The maximum Gasteiger partial charge on any atom is 0.224 e. The van der Waals surface area contributed by atoms with Crippen molar-refractivity contribution in [3.8, 4) is 0 Å². The molecule has 5 nitrogen and oxygen atoms in total. The quantitative estimate of drug-likeness (QED) is 0.867. The number of aromatic nitrogens is 2. The van der Waals surface area contributed by atoms with Gasteiger partial charge in [-0.3, -0.25) is 9.48 Å². The van der Waals surface area contributed by atoms with Gasteiger partial charge in [-0.2, -0.15) is 5.10 Å². The minimum absolute atomic E-state index is 0.00102. The SMILES string of the molecule is CCCN1C(=O)CC(N)C1c1cn(C)nc1CC. The summed E-state index contributed by atoms with van der Waals surface area (Å²) in [6.07, 6.45) is 4.28. The summed E-state index contributed by atoms with van der Waals surface area (Å²) >= 11 is 0. The number of aryl methyl sites for hydroxylation is 2. The second-order valence-electron chi connectivity index (χ2n) is 4.96. The Bertz CT molecular complexity index is 440. The molecule has 0 aliphatic carbocycles. The summed E-state index contributed by atoms with van der Waals surface area (Å²) in [4.78, 5) is 13.9. The van der Waals surface area contributed by atoms with Crippen LogP contribution in [0.2, 0.25) is 0 Å². The second kappa shape index (κ2) is 5.10. The molecule has 1 aromatic rings. The maximum absolute atomic E-state index is 12.0. The number of amides is 1. The fourth-order valence-corrected chi connectivity index (χ4v) is 2.79. The highest BCUT2D eigenvalue weighted by atomic mass is 16.2. The molecule has 5 heteroatoms. The lowest BCUT2D eigenvalue weighted by Gasteiger charge is -2.26. The van der Waals surface area contributed by atoms with Crippen LogP contribution in [0, 0.1) is 0 Å². The predicted octanol–water partition coefficient (Wildman–Crippen LogP) is 0.993. The van der Waals surface area contributed by atoms with E-state index < -0.39 is 0 Å². The average Bonchev–Trinajstić information content (AvgIpc) is 2.81. The van der Waals surface area contributed by atoms with Crippen molar-refractivity contribution < 1.29 is 4.79 Å². The molecule has 1 aliphatic heterocycles. The van der Waals surface area contributed by atoms with Crippen LogP contribution >= 0.6 is 0 Å². The Hall–Kier alpha value is -1.36. The van der Waals surface area contributed by atoms with Crippen molar-refractivity contribution in [3.63, 3.8) is 0 Å². The molecule has 0 bridgehead atoms. The molecular weight excluding hydrogens is 228 g/mol. The highest BCUT2D eigenvalue weighted by Crippen LogP contribution is 2.33. The van der Waals surface area contributed by atoms with Crippen molar-refractivity contribution >= 4 is 5.91 Å². The first kappa shape index (κ1) is 13.1. The third-order valence-corrected chi connectivity index (χ3v) is 3.53. The van der Waals surface area contributed by atoms with Gasteiger partial charge in [0.15, 0.2) is 0 Å². The van der Waals surface area contributed by atoms with Crippen LogP contribution in [0.1, 0.15) is 44.0 Å². The van der Waals surface area contributed by atoms with Crippen molar-refractivity contribution in [1.29, 1.82) is 0 Å². The third kappa shape index (κ3) is 2.14. The molecule has 0 aromatic carbocycles. The molecule has 2 heterocycles. The van der Waals surface area contributed by atoms with Crippen LogP contribution in [0.15, 0.2) is 6.20 Å². The number of nitrogens with zero attached hydrogens (tertiary/aromatic N) is 3. The van der Waals surface area contributed by atoms with Gasteiger partial charge in [0.1, 0.15) is 0 Å². The molecule has 1 fully saturated rings. The number of nitrogens with two attached hydrogens (primary N) is 1. The normalized spacial score (nSPS) is 24.0. The van der Waals surface area contributed by atoms with Crippen molar-refractivity contribution in [1.82, 2.24) is 14.7 Å². The Balaban J connectivity index is 2.36. The summed E-state index contributed by atoms with van der Waals surface area (Å²) in [6.45, 7) is 4.94. The zero-order chi connectivity index (χ0) is 13.3. The molecule has 0 saturated carbocycles. The Morgan fingerprint density at radius 1 is 1.50 bits per heavy atom. The fraction of sp³-hybridized carbons (Fsp3) is 0.692. The Morgan fingerprint density at radius 3 is 2.83 bits per heavy atom. The van der Waals surface area contributed by atoms with Crippen molar-refractivity contribution in [2.24, 2.45) is 12.8 Å². The lowest BCUT2D eigenvalue weighted by Crippen LogP contribution is -2.34. The average molecular weight is 250 g/mol. The second-order valence-corrected chi connectivity index (χ2v) is 4.96. The maximum atomic E-state index is 12.0. The lowest BCUT2D eigenvalue weighted by atomic mass is 10.0. The molecule has 100 valence electrons. The van der Waals surface area contributed by atoms with E-state index in [1.54, 1.807) is 0 Å². The van der Waals surface area contributed by atoms with Crippen LogP contribution in [-0.2, 0) is 18.3 Å². The lowest BCUT2D eigenvalue weighted by molar-refractivity contribution is -0.129. The van der Waals surface area contributed by atoms with E-state index in [0.29, 0.717) is 6.42 Å². The van der Waals surface area contributed by atoms with Gasteiger partial charge in [0.2, 0.25) is 5.91 Å². The van der Waals surface area contributed by atoms with E-state index in [0.717, 1.165) is 30.6 Å². The fourth-order valence-electron chi connectivity index (χ4n) is 2.79. The molecule has 0 spiro atoms. The largest absolute Gasteiger partial charge is 0.334 e. The Labute approximate surface area is 108 Å². The Morgan fingerprint density at radius 2 is 2.22 bits per heavy atom. The van der Waals surface area contributed by atoms with Gasteiger partial charge in [0, 0.05) is 37.8 Å². The molecule has 2 atom stereocenters. The van der Waals surface area contributed by atoms with E-state index in [2.05, 4.69) is 18.9 Å². The smallest absolute Gasteiger partial charge is 0.224 e.